The summed E-state index contributed by atoms with van der Waals surface area (Å²) in [5, 5.41) is 5.79. The molecule has 1 N–H and O–H groups in total. The Labute approximate surface area is 153 Å². The number of fused-ring (bicyclic) bond motifs is 1. The molecule has 0 saturated heterocycles. The van der Waals surface area contributed by atoms with E-state index in [9.17, 15) is 9.18 Å². The van der Waals surface area contributed by atoms with Gasteiger partial charge in [0, 0.05) is 16.3 Å². The van der Waals surface area contributed by atoms with Crippen LogP contribution in [0.25, 0.3) is 22.2 Å². The van der Waals surface area contributed by atoms with Gasteiger partial charge >= 0.3 is 0 Å². The molecule has 2 aromatic heterocycles. The molecule has 6 heteroatoms. The fourth-order valence-electron chi connectivity index (χ4n) is 2.71. The van der Waals surface area contributed by atoms with Gasteiger partial charge in [-0.3, -0.25) is 15.1 Å². The van der Waals surface area contributed by atoms with E-state index in [4.69, 9.17) is 0 Å². The number of amides is 1. The maximum atomic E-state index is 13.4. The van der Waals surface area contributed by atoms with Gasteiger partial charge in [-0.15, -0.1) is 11.3 Å². The average Bonchev–Trinajstić information content (AvgIpc) is 3.10. The van der Waals surface area contributed by atoms with Gasteiger partial charge in [0.2, 0.25) is 0 Å². The molecule has 0 aliphatic carbocycles. The number of anilines is 1. The Kier molecular flexibility index (Phi) is 4.18. The molecule has 4 rings (SSSR count). The molecule has 0 spiro atoms. The second-order valence-corrected chi connectivity index (χ2v) is 6.67. The van der Waals surface area contributed by atoms with Crippen molar-refractivity contribution < 1.29 is 9.18 Å². The number of pyridine rings is 1. The highest BCUT2D eigenvalue weighted by atomic mass is 32.1. The largest absolute Gasteiger partial charge is 0.298 e. The van der Waals surface area contributed by atoms with Crippen LogP contribution >= 0.6 is 11.3 Å². The molecule has 26 heavy (non-hydrogen) atoms. The third-order valence-electron chi connectivity index (χ3n) is 4.01. The molecule has 1 amide bonds. The van der Waals surface area contributed by atoms with Crippen molar-refractivity contribution in [2.75, 3.05) is 5.32 Å². The first-order chi connectivity index (χ1) is 12.6. The van der Waals surface area contributed by atoms with E-state index in [1.165, 1.54) is 23.5 Å². The average molecular weight is 363 g/mol. The zero-order chi connectivity index (χ0) is 18.1. The summed E-state index contributed by atoms with van der Waals surface area (Å²) in [6.45, 7) is 1.76. The molecule has 4 nitrogen and oxygen atoms in total. The van der Waals surface area contributed by atoms with E-state index in [2.05, 4.69) is 15.3 Å². The maximum Gasteiger partial charge on any atom is 0.259 e. The molecule has 0 aliphatic rings. The number of nitrogens with zero attached hydrogens (tertiary/aromatic N) is 2. The molecule has 4 aromatic rings. The predicted molar refractivity (Wildman–Crippen MR) is 102 cm³/mol. The molecular weight excluding hydrogens is 349 g/mol. The standard InChI is InChI=1S/C20H14FN3OS/c1-12-16(10-14-9-15(21)7-8-17(14)22-12)19(25)24-20-23-18(11-26-20)13-5-3-2-4-6-13/h2-11H,1H3,(H,23,24,25). The first kappa shape index (κ1) is 16.4. The molecule has 2 aromatic carbocycles. The Morgan fingerprint density at radius 3 is 2.69 bits per heavy atom. The predicted octanol–water partition coefficient (Wildman–Crippen LogP) is 5.06. The highest BCUT2D eigenvalue weighted by Gasteiger charge is 2.14. The lowest BCUT2D eigenvalue weighted by Gasteiger charge is -2.07. The van der Waals surface area contributed by atoms with Crippen LogP contribution in [-0.2, 0) is 0 Å². The molecule has 2 heterocycles. The van der Waals surface area contributed by atoms with Crippen LogP contribution in [0.1, 0.15) is 16.1 Å². The highest BCUT2D eigenvalue weighted by Crippen LogP contribution is 2.25. The summed E-state index contributed by atoms with van der Waals surface area (Å²) in [7, 11) is 0. The van der Waals surface area contributed by atoms with Crippen LogP contribution in [0.4, 0.5) is 9.52 Å². The van der Waals surface area contributed by atoms with Gasteiger partial charge in [-0.05, 0) is 31.2 Å². The van der Waals surface area contributed by atoms with E-state index < -0.39 is 0 Å². The van der Waals surface area contributed by atoms with E-state index in [0.29, 0.717) is 27.3 Å². The van der Waals surface area contributed by atoms with E-state index in [1.54, 1.807) is 19.1 Å². The van der Waals surface area contributed by atoms with E-state index in [-0.39, 0.29) is 11.7 Å². The monoisotopic (exact) mass is 363 g/mol. The topological polar surface area (TPSA) is 54.9 Å². The Hall–Kier alpha value is -3.12. The number of halogens is 1. The second kappa shape index (κ2) is 6.65. The van der Waals surface area contributed by atoms with E-state index in [0.717, 1.165) is 11.3 Å². The Morgan fingerprint density at radius 1 is 1.08 bits per heavy atom. The summed E-state index contributed by atoms with van der Waals surface area (Å²) in [5.74, 6) is -0.669. The van der Waals surface area contributed by atoms with Gasteiger partial charge in [-0.25, -0.2) is 9.37 Å². The number of carbonyl (C=O) groups excluding carboxylic acids is 1. The van der Waals surface area contributed by atoms with Gasteiger partial charge in [-0.1, -0.05) is 30.3 Å². The number of carbonyl (C=O) groups is 1. The van der Waals surface area contributed by atoms with Crippen LogP contribution in [0.5, 0.6) is 0 Å². The molecule has 0 radical (unpaired) electrons. The lowest BCUT2D eigenvalue weighted by atomic mass is 10.1. The van der Waals surface area contributed by atoms with Gasteiger partial charge in [0.05, 0.1) is 22.5 Å². The summed E-state index contributed by atoms with van der Waals surface area (Å²) in [5.41, 5.74) is 3.44. The lowest BCUT2D eigenvalue weighted by Crippen LogP contribution is -2.14. The van der Waals surface area contributed by atoms with Crippen LogP contribution in [0.2, 0.25) is 0 Å². The van der Waals surface area contributed by atoms with E-state index >= 15 is 0 Å². The molecule has 128 valence electrons. The number of rotatable bonds is 3. The quantitative estimate of drug-likeness (QED) is 0.554. The SMILES string of the molecule is Cc1nc2ccc(F)cc2cc1C(=O)Nc1nc(-c2ccccc2)cs1. The summed E-state index contributed by atoms with van der Waals surface area (Å²) in [6.07, 6.45) is 0. The zero-order valence-electron chi connectivity index (χ0n) is 13.9. The molecule has 0 fully saturated rings. The van der Waals surface area contributed by atoms with Crippen molar-refractivity contribution in [2.24, 2.45) is 0 Å². The molecule has 0 unspecified atom stereocenters. The van der Waals surface area contributed by atoms with Crippen molar-refractivity contribution in [2.45, 2.75) is 6.92 Å². The zero-order valence-corrected chi connectivity index (χ0v) is 14.7. The molecular formula is C20H14FN3OS. The smallest absolute Gasteiger partial charge is 0.259 e. The summed E-state index contributed by atoms with van der Waals surface area (Å²) in [4.78, 5) is 21.5. The van der Waals surface area contributed by atoms with Crippen molar-refractivity contribution in [1.29, 1.82) is 0 Å². The van der Waals surface area contributed by atoms with Crippen molar-refractivity contribution in [1.82, 2.24) is 9.97 Å². The summed E-state index contributed by atoms with van der Waals surface area (Å²) >= 11 is 1.36. The Bertz CT molecular complexity index is 1110. The third-order valence-corrected chi connectivity index (χ3v) is 4.76. The Morgan fingerprint density at radius 2 is 1.88 bits per heavy atom. The first-order valence-electron chi connectivity index (χ1n) is 7.99. The first-order valence-corrected chi connectivity index (χ1v) is 8.87. The maximum absolute atomic E-state index is 13.4. The van der Waals surface area contributed by atoms with Crippen LogP contribution in [-0.4, -0.2) is 15.9 Å². The minimum atomic E-state index is -0.359. The van der Waals surface area contributed by atoms with Crippen molar-refractivity contribution >= 4 is 33.3 Å². The molecule has 0 aliphatic heterocycles. The number of hydrogen-bond acceptors (Lipinski definition) is 4. The van der Waals surface area contributed by atoms with Gasteiger partial charge in [0.15, 0.2) is 5.13 Å². The number of hydrogen-bond donors (Lipinski definition) is 1. The molecule has 0 saturated carbocycles. The number of nitrogens with one attached hydrogen (secondary N) is 1. The number of aromatic nitrogens is 2. The minimum absolute atomic E-state index is 0.310. The van der Waals surface area contributed by atoms with Crippen LogP contribution in [0.15, 0.2) is 60.0 Å². The summed E-state index contributed by atoms with van der Waals surface area (Å²) < 4.78 is 13.4. The van der Waals surface area contributed by atoms with Gasteiger partial charge in [0.25, 0.3) is 5.91 Å². The fraction of sp³-hybridized carbons (Fsp3) is 0.0500. The van der Waals surface area contributed by atoms with Gasteiger partial charge in [-0.2, -0.15) is 0 Å². The number of benzene rings is 2. The fourth-order valence-corrected chi connectivity index (χ4v) is 3.43. The third kappa shape index (κ3) is 3.19. The summed E-state index contributed by atoms with van der Waals surface area (Å²) in [6, 6.07) is 15.7. The van der Waals surface area contributed by atoms with Crippen LogP contribution < -0.4 is 5.32 Å². The lowest BCUT2D eigenvalue weighted by molar-refractivity contribution is 0.102. The van der Waals surface area contributed by atoms with Crippen molar-refractivity contribution in [3.8, 4) is 11.3 Å². The van der Waals surface area contributed by atoms with Crippen LogP contribution in [0, 0.1) is 12.7 Å². The molecule has 0 atom stereocenters. The number of aryl methyl sites for hydroxylation is 1. The Balaban J connectivity index is 1.61. The molecule has 0 bridgehead atoms. The van der Waals surface area contributed by atoms with Gasteiger partial charge in [0.1, 0.15) is 5.82 Å². The van der Waals surface area contributed by atoms with Crippen molar-refractivity contribution in [3.63, 3.8) is 0 Å². The van der Waals surface area contributed by atoms with Gasteiger partial charge < -0.3 is 0 Å². The number of thiazole rings is 1. The van der Waals surface area contributed by atoms with Crippen molar-refractivity contribution in [3.05, 3.63) is 77.1 Å². The highest BCUT2D eigenvalue weighted by molar-refractivity contribution is 7.14. The minimum Gasteiger partial charge on any atom is -0.298 e. The second-order valence-electron chi connectivity index (χ2n) is 5.82. The normalized spacial score (nSPS) is 10.8. The van der Waals surface area contributed by atoms with Crippen LogP contribution in [0.3, 0.4) is 0 Å². The van der Waals surface area contributed by atoms with E-state index in [1.807, 2.05) is 35.7 Å².